The van der Waals surface area contributed by atoms with E-state index in [0.717, 1.165) is 37.2 Å². The lowest BCUT2D eigenvalue weighted by Gasteiger charge is -2.16. The van der Waals surface area contributed by atoms with Crippen LogP contribution in [0, 0.1) is 5.92 Å². The molecule has 3 rings (SSSR count). The van der Waals surface area contributed by atoms with Crippen LogP contribution in [0.3, 0.4) is 0 Å². The Labute approximate surface area is 113 Å². The number of nitrogens with two attached hydrogens (primary N) is 1. The van der Waals surface area contributed by atoms with Gasteiger partial charge in [-0.1, -0.05) is 12.1 Å². The minimum atomic E-state index is -2.81. The maximum atomic E-state index is 11.5. The molecule has 0 saturated carbocycles. The van der Waals surface area contributed by atoms with Gasteiger partial charge in [0.05, 0.1) is 18.1 Å². The van der Waals surface area contributed by atoms with Gasteiger partial charge >= 0.3 is 0 Å². The van der Waals surface area contributed by atoms with Gasteiger partial charge in [-0.05, 0) is 36.0 Å². The Balaban J connectivity index is 1.69. The van der Waals surface area contributed by atoms with Crippen molar-refractivity contribution in [3.63, 3.8) is 0 Å². The Hall–Kier alpha value is -1.07. The molecule has 19 heavy (non-hydrogen) atoms. The Morgan fingerprint density at radius 2 is 2.26 bits per heavy atom. The third-order valence-corrected chi connectivity index (χ3v) is 5.89. The van der Waals surface area contributed by atoms with Crippen LogP contribution in [0.2, 0.25) is 0 Å². The van der Waals surface area contributed by atoms with Gasteiger partial charge in [-0.15, -0.1) is 0 Å². The molecule has 2 aliphatic heterocycles. The maximum Gasteiger partial charge on any atom is 0.150 e. The predicted molar refractivity (Wildman–Crippen MR) is 73.9 cm³/mol. The topological polar surface area (TPSA) is 69.4 Å². The molecule has 2 unspecified atom stereocenters. The van der Waals surface area contributed by atoms with E-state index in [2.05, 4.69) is 6.07 Å². The summed E-state index contributed by atoms with van der Waals surface area (Å²) in [5.41, 5.74) is 8.53. The summed E-state index contributed by atoms with van der Waals surface area (Å²) in [6, 6.07) is 6.00. The molecule has 1 saturated heterocycles. The van der Waals surface area contributed by atoms with Crippen molar-refractivity contribution in [1.82, 2.24) is 0 Å². The fourth-order valence-corrected chi connectivity index (χ4v) is 4.87. The van der Waals surface area contributed by atoms with Crippen molar-refractivity contribution in [2.45, 2.75) is 25.3 Å². The first-order chi connectivity index (χ1) is 9.03. The third-order valence-electron chi connectivity index (χ3n) is 4.06. The summed E-state index contributed by atoms with van der Waals surface area (Å²) in [7, 11) is -2.81. The molecule has 2 atom stereocenters. The van der Waals surface area contributed by atoms with Crippen LogP contribution in [-0.2, 0) is 16.3 Å². The predicted octanol–water partition coefficient (Wildman–Crippen LogP) is 1.45. The van der Waals surface area contributed by atoms with Gasteiger partial charge in [0.2, 0.25) is 0 Å². The Morgan fingerprint density at radius 1 is 1.42 bits per heavy atom. The summed E-state index contributed by atoms with van der Waals surface area (Å²) >= 11 is 0. The van der Waals surface area contributed by atoms with Gasteiger partial charge in [-0.2, -0.15) is 0 Å². The standard InChI is InChI=1S/C14H19NO3S/c15-13(7-10-4-6-19(16,17)9-10)11-1-2-14-12(8-11)3-5-18-14/h1-2,8,10,13H,3-7,9,15H2. The maximum absolute atomic E-state index is 11.5. The van der Waals surface area contributed by atoms with Crippen LogP contribution in [0.25, 0.3) is 0 Å². The summed E-state index contributed by atoms with van der Waals surface area (Å²) in [6.07, 6.45) is 2.44. The van der Waals surface area contributed by atoms with Gasteiger partial charge in [-0.25, -0.2) is 8.42 Å². The first-order valence-electron chi connectivity index (χ1n) is 6.75. The molecule has 0 amide bonds. The smallest absolute Gasteiger partial charge is 0.150 e. The second-order valence-electron chi connectivity index (χ2n) is 5.58. The summed E-state index contributed by atoms with van der Waals surface area (Å²) in [5.74, 6) is 1.79. The molecule has 2 aliphatic rings. The largest absolute Gasteiger partial charge is 0.493 e. The van der Waals surface area contributed by atoms with Crippen molar-refractivity contribution in [2.75, 3.05) is 18.1 Å². The van der Waals surface area contributed by atoms with E-state index in [1.165, 1.54) is 5.56 Å². The van der Waals surface area contributed by atoms with E-state index < -0.39 is 9.84 Å². The molecule has 0 aliphatic carbocycles. The number of sulfone groups is 1. The number of ether oxygens (including phenoxy) is 1. The SMILES string of the molecule is NC(CC1CCS(=O)(=O)C1)c1ccc2c(c1)CCO2. The van der Waals surface area contributed by atoms with Crippen LogP contribution < -0.4 is 10.5 Å². The molecule has 5 heteroatoms. The number of benzene rings is 1. The van der Waals surface area contributed by atoms with Gasteiger partial charge in [0.1, 0.15) is 5.75 Å². The zero-order valence-electron chi connectivity index (χ0n) is 10.8. The molecule has 1 aromatic carbocycles. The second-order valence-corrected chi connectivity index (χ2v) is 7.81. The average Bonchev–Trinajstić information content (AvgIpc) is 2.94. The summed E-state index contributed by atoms with van der Waals surface area (Å²) in [5, 5.41) is 0. The first-order valence-corrected chi connectivity index (χ1v) is 8.57. The lowest BCUT2D eigenvalue weighted by molar-refractivity contribution is 0.356. The number of hydrogen-bond acceptors (Lipinski definition) is 4. The number of fused-ring (bicyclic) bond motifs is 1. The van der Waals surface area contributed by atoms with Crippen molar-refractivity contribution < 1.29 is 13.2 Å². The summed E-state index contributed by atoms with van der Waals surface area (Å²) in [4.78, 5) is 0. The van der Waals surface area contributed by atoms with Crippen molar-refractivity contribution in [2.24, 2.45) is 11.7 Å². The van der Waals surface area contributed by atoms with E-state index in [1.807, 2.05) is 12.1 Å². The molecule has 104 valence electrons. The molecule has 1 fully saturated rings. The second kappa shape index (κ2) is 4.80. The molecule has 4 nitrogen and oxygen atoms in total. The summed E-state index contributed by atoms with van der Waals surface area (Å²) < 4.78 is 28.4. The van der Waals surface area contributed by atoms with E-state index in [0.29, 0.717) is 11.5 Å². The van der Waals surface area contributed by atoms with Crippen LogP contribution in [0.4, 0.5) is 0 Å². The van der Waals surface area contributed by atoms with Crippen LogP contribution in [0.1, 0.15) is 30.0 Å². The average molecular weight is 281 g/mol. The lowest BCUT2D eigenvalue weighted by Crippen LogP contribution is -2.16. The highest BCUT2D eigenvalue weighted by Crippen LogP contribution is 2.31. The normalized spacial score (nSPS) is 25.8. The van der Waals surface area contributed by atoms with Crippen molar-refractivity contribution in [3.05, 3.63) is 29.3 Å². The molecule has 0 radical (unpaired) electrons. The molecule has 2 heterocycles. The van der Waals surface area contributed by atoms with Gasteiger partial charge in [0.25, 0.3) is 0 Å². The van der Waals surface area contributed by atoms with Gasteiger partial charge < -0.3 is 10.5 Å². The molecule has 0 spiro atoms. The summed E-state index contributed by atoms with van der Waals surface area (Å²) in [6.45, 7) is 0.745. The van der Waals surface area contributed by atoms with E-state index in [9.17, 15) is 8.42 Å². The van der Waals surface area contributed by atoms with E-state index in [-0.39, 0.29) is 12.0 Å². The fourth-order valence-electron chi connectivity index (χ4n) is 2.99. The molecular weight excluding hydrogens is 262 g/mol. The molecule has 2 N–H and O–H groups in total. The monoisotopic (exact) mass is 281 g/mol. The number of hydrogen-bond donors (Lipinski definition) is 1. The van der Waals surface area contributed by atoms with Gasteiger partial charge in [0, 0.05) is 12.5 Å². The van der Waals surface area contributed by atoms with Gasteiger partial charge in [-0.3, -0.25) is 0 Å². The lowest BCUT2D eigenvalue weighted by atomic mass is 9.94. The van der Waals surface area contributed by atoms with Gasteiger partial charge in [0.15, 0.2) is 9.84 Å². The number of rotatable bonds is 3. The Bertz CT molecular complexity index is 582. The minimum Gasteiger partial charge on any atom is -0.493 e. The highest BCUT2D eigenvalue weighted by atomic mass is 32.2. The highest BCUT2D eigenvalue weighted by Gasteiger charge is 2.29. The minimum absolute atomic E-state index is 0.0794. The van der Waals surface area contributed by atoms with E-state index in [1.54, 1.807) is 0 Å². The third kappa shape index (κ3) is 2.77. The van der Waals surface area contributed by atoms with Crippen molar-refractivity contribution in [1.29, 1.82) is 0 Å². The van der Waals surface area contributed by atoms with Crippen LogP contribution in [0.15, 0.2) is 18.2 Å². The molecule has 0 bridgehead atoms. The van der Waals surface area contributed by atoms with Crippen LogP contribution in [-0.4, -0.2) is 26.5 Å². The Kier molecular flexibility index (Phi) is 3.27. The van der Waals surface area contributed by atoms with Crippen LogP contribution in [0.5, 0.6) is 5.75 Å². The quantitative estimate of drug-likeness (QED) is 0.910. The molecule has 0 aromatic heterocycles. The highest BCUT2D eigenvalue weighted by molar-refractivity contribution is 7.91. The van der Waals surface area contributed by atoms with Crippen LogP contribution >= 0.6 is 0 Å². The van der Waals surface area contributed by atoms with E-state index in [4.69, 9.17) is 10.5 Å². The fraction of sp³-hybridized carbons (Fsp3) is 0.571. The van der Waals surface area contributed by atoms with Crippen molar-refractivity contribution in [3.8, 4) is 5.75 Å². The Morgan fingerprint density at radius 3 is 3.00 bits per heavy atom. The first kappa shape index (κ1) is 12.9. The van der Waals surface area contributed by atoms with E-state index >= 15 is 0 Å². The zero-order valence-corrected chi connectivity index (χ0v) is 11.7. The van der Waals surface area contributed by atoms with Crippen molar-refractivity contribution >= 4 is 9.84 Å². The molecule has 1 aromatic rings. The molecular formula is C14H19NO3S. The zero-order chi connectivity index (χ0) is 13.5.